The Hall–Kier alpha value is -4.61. The van der Waals surface area contributed by atoms with E-state index in [-0.39, 0.29) is 17.9 Å². The Morgan fingerprint density at radius 2 is 1.71 bits per heavy atom. The Labute approximate surface area is 312 Å². The Bertz CT molecular complexity index is 2140. The predicted molar refractivity (Wildman–Crippen MR) is 203 cm³/mol. The standard InChI is InChI=1S/C40H41Cl2N5O5/c1-51-36-16-24(9-10-25(36)18-43-19-29-11-12-38(48)45-29)30-5-3-7-32(39(30)42)31-6-4-8-35-33(31)20-44-47(35)23-27-17-37(52-2)28(15-34(27)41)22-46-14-13-26(21-46)40(49)50/h3-10,15-17,20,26,29,43H,11-14,18-19,21-23H2,1-2H3,(H,45,48)(H,49,50). The fraction of sp³-hybridized carbons (Fsp3) is 0.325. The van der Waals surface area contributed by atoms with Crippen molar-refractivity contribution < 1.29 is 24.2 Å². The highest BCUT2D eigenvalue weighted by atomic mass is 35.5. The number of rotatable bonds is 13. The molecule has 2 aliphatic heterocycles. The van der Waals surface area contributed by atoms with Crippen LogP contribution in [-0.4, -0.2) is 71.6 Å². The van der Waals surface area contributed by atoms with Gasteiger partial charge in [0, 0.05) is 71.3 Å². The molecule has 10 nitrogen and oxygen atoms in total. The molecule has 12 heteroatoms. The monoisotopic (exact) mass is 741 g/mol. The van der Waals surface area contributed by atoms with Crippen molar-refractivity contribution in [2.24, 2.45) is 5.92 Å². The summed E-state index contributed by atoms with van der Waals surface area (Å²) in [5.74, 6) is 0.477. The molecule has 0 aliphatic carbocycles. The van der Waals surface area contributed by atoms with Crippen LogP contribution in [0.1, 0.15) is 36.0 Å². The maximum atomic E-state index is 11.5. The smallest absolute Gasteiger partial charge is 0.307 e. The number of nitrogens with zero attached hydrogens (tertiary/aromatic N) is 3. The van der Waals surface area contributed by atoms with Gasteiger partial charge in [0.2, 0.25) is 5.91 Å². The lowest BCUT2D eigenvalue weighted by atomic mass is 9.96. The van der Waals surface area contributed by atoms with Gasteiger partial charge in [-0.15, -0.1) is 0 Å². The van der Waals surface area contributed by atoms with Gasteiger partial charge in [0.05, 0.1) is 43.4 Å². The van der Waals surface area contributed by atoms with Crippen LogP contribution in [0.5, 0.6) is 11.5 Å². The molecule has 0 saturated carbocycles. The zero-order chi connectivity index (χ0) is 36.4. The molecule has 0 radical (unpaired) electrons. The topological polar surface area (TPSA) is 118 Å². The molecule has 3 heterocycles. The number of halogens is 2. The quantitative estimate of drug-likeness (QED) is 0.118. The molecule has 2 aliphatic rings. The molecule has 2 saturated heterocycles. The number of likely N-dealkylation sites (tertiary alicyclic amines) is 1. The molecule has 1 aromatic heterocycles. The largest absolute Gasteiger partial charge is 0.496 e. The Balaban J connectivity index is 1.11. The summed E-state index contributed by atoms with van der Waals surface area (Å²) in [5, 5.41) is 22.8. The lowest BCUT2D eigenvalue weighted by Crippen LogP contribution is -2.35. The third-order valence-electron chi connectivity index (χ3n) is 10.2. The molecule has 2 atom stereocenters. The van der Waals surface area contributed by atoms with Crippen molar-refractivity contribution >= 4 is 46.0 Å². The molecule has 52 heavy (non-hydrogen) atoms. The number of nitrogens with one attached hydrogen (secondary N) is 2. The Morgan fingerprint density at radius 3 is 2.46 bits per heavy atom. The minimum atomic E-state index is -0.753. The molecule has 2 fully saturated rings. The van der Waals surface area contributed by atoms with Crippen LogP contribution >= 0.6 is 23.2 Å². The number of benzene rings is 4. The van der Waals surface area contributed by atoms with Crippen molar-refractivity contribution in [2.45, 2.75) is 44.9 Å². The van der Waals surface area contributed by atoms with Crippen molar-refractivity contribution in [1.29, 1.82) is 0 Å². The van der Waals surface area contributed by atoms with E-state index in [0.717, 1.165) is 68.6 Å². The number of carbonyl (C=O) groups excluding carboxylic acids is 1. The van der Waals surface area contributed by atoms with Crippen LogP contribution in [0.3, 0.4) is 0 Å². The van der Waals surface area contributed by atoms with Gasteiger partial charge in [-0.2, -0.15) is 5.10 Å². The van der Waals surface area contributed by atoms with Gasteiger partial charge in [0.25, 0.3) is 0 Å². The van der Waals surface area contributed by atoms with Crippen LogP contribution in [0.2, 0.25) is 10.0 Å². The van der Waals surface area contributed by atoms with E-state index in [2.05, 4.69) is 33.7 Å². The van der Waals surface area contributed by atoms with Crippen molar-refractivity contribution in [2.75, 3.05) is 33.9 Å². The van der Waals surface area contributed by atoms with E-state index in [0.29, 0.717) is 61.4 Å². The second-order valence-electron chi connectivity index (χ2n) is 13.5. The third kappa shape index (κ3) is 7.47. The summed E-state index contributed by atoms with van der Waals surface area (Å²) >= 11 is 14.0. The van der Waals surface area contributed by atoms with Crippen LogP contribution in [0.4, 0.5) is 0 Å². The first-order chi connectivity index (χ1) is 25.2. The van der Waals surface area contributed by atoms with Crippen LogP contribution in [0.25, 0.3) is 33.2 Å². The first kappa shape index (κ1) is 35.8. The number of amides is 1. The van der Waals surface area contributed by atoms with Gasteiger partial charge in [-0.05, 0) is 60.3 Å². The highest BCUT2D eigenvalue weighted by Crippen LogP contribution is 2.41. The second kappa shape index (κ2) is 15.6. The van der Waals surface area contributed by atoms with Gasteiger partial charge in [-0.1, -0.05) is 65.7 Å². The van der Waals surface area contributed by atoms with Crippen molar-refractivity contribution in [3.05, 3.63) is 99.7 Å². The van der Waals surface area contributed by atoms with Crippen molar-refractivity contribution in [3.63, 3.8) is 0 Å². The van der Waals surface area contributed by atoms with Crippen LogP contribution < -0.4 is 20.1 Å². The number of methoxy groups -OCH3 is 2. The lowest BCUT2D eigenvalue weighted by molar-refractivity contribution is -0.141. The second-order valence-corrected chi connectivity index (χ2v) is 14.3. The number of carboxylic acids is 1. The minimum absolute atomic E-state index is 0.111. The molecule has 0 bridgehead atoms. The van der Waals surface area contributed by atoms with Gasteiger partial charge in [-0.3, -0.25) is 19.2 Å². The fourth-order valence-electron chi connectivity index (χ4n) is 7.35. The number of ether oxygens (including phenoxy) is 2. The SMILES string of the molecule is COc1cc(-c2cccc(-c3cccc4c3cnn4Cc3cc(OC)c(CN4CCC(C(=O)O)C4)cc3Cl)c2Cl)ccc1CNCC1CCC(=O)N1. The average Bonchev–Trinajstić information content (AvgIpc) is 3.90. The van der Waals surface area contributed by atoms with Gasteiger partial charge in [-0.25, -0.2) is 0 Å². The summed E-state index contributed by atoms with van der Waals surface area (Å²) < 4.78 is 13.5. The summed E-state index contributed by atoms with van der Waals surface area (Å²) in [7, 11) is 3.30. The molecular weight excluding hydrogens is 701 g/mol. The highest BCUT2D eigenvalue weighted by molar-refractivity contribution is 6.36. The number of carbonyl (C=O) groups is 2. The molecular formula is C40H41Cl2N5O5. The van der Waals surface area contributed by atoms with Crippen LogP contribution in [0.15, 0.2) is 72.9 Å². The maximum absolute atomic E-state index is 11.5. The Morgan fingerprint density at radius 1 is 0.942 bits per heavy atom. The molecule has 0 spiro atoms. The minimum Gasteiger partial charge on any atom is -0.496 e. The molecule has 5 aromatic rings. The van der Waals surface area contributed by atoms with E-state index in [1.807, 2.05) is 59.4 Å². The zero-order valence-electron chi connectivity index (χ0n) is 29.1. The summed E-state index contributed by atoms with van der Waals surface area (Å²) in [4.78, 5) is 25.1. The number of fused-ring (bicyclic) bond motifs is 1. The number of hydrogen-bond acceptors (Lipinski definition) is 7. The predicted octanol–water partition coefficient (Wildman–Crippen LogP) is 7.02. The molecule has 2 unspecified atom stereocenters. The number of aromatic nitrogens is 2. The first-order valence-electron chi connectivity index (χ1n) is 17.4. The van der Waals surface area contributed by atoms with Gasteiger partial charge in [0.1, 0.15) is 11.5 Å². The molecule has 3 N–H and O–H groups in total. The number of hydrogen-bond donors (Lipinski definition) is 3. The van der Waals surface area contributed by atoms with Crippen LogP contribution in [0, 0.1) is 5.92 Å². The molecule has 1 amide bonds. The molecule has 7 rings (SSSR count). The number of aliphatic carboxylic acids is 1. The summed E-state index contributed by atoms with van der Waals surface area (Å²) in [5.41, 5.74) is 7.43. The summed E-state index contributed by atoms with van der Waals surface area (Å²) in [6.07, 6.45) is 3.93. The average molecular weight is 743 g/mol. The fourth-order valence-corrected chi connectivity index (χ4v) is 7.93. The summed E-state index contributed by atoms with van der Waals surface area (Å²) in [6, 6.07) is 22.3. The van der Waals surface area contributed by atoms with Crippen LogP contribution in [-0.2, 0) is 29.2 Å². The van der Waals surface area contributed by atoms with Gasteiger partial charge < -0.3 is 25.2 Å². The van der Waals surface area contributed by atoms with E-state index < -0.39 is 5.97 Å². The third-order valence-corrected chi connectivity index (χ3v) is 10.9. The van der Waals surface area contributed by atoms with E-state index in [9.17, 15) is 14.7 Å². The first-order valence-corrected chi connectivity index (χ1v) is 18.2. The molecule has 4 aromatic carbocycles. The van der Waals surface area contributed by atoms with Crippen molar-refractivity contribution in [3.8, 4) is 33.8 Å². The van der Waals surface area contributed by atoms with Crippen molar-refractivity contribution in [1.82, 2.24) is 25.3 Å². The van der Waals surface area contributed by atoms with Gasteiger partial charge >= 0.3 is 5.97 Å². The lowest BCUT2D eigenvalue weighted by Gasteiger charge is -2.19. The molecule has 270 valence electrons. The van der Waals surface area contributed by atoms with E-state index in [1.54, 1.807) is 14.2 Å². The normalized spacial score (nSPS) is 17.5. The highest BCUT2D eigenvalue weighted by Gasteiger charge is 2.29. The van der Waals surface area contributed by atoms with E-state index >= 15 is 0 Å². The van der Waals surface area contributed by atoms with E-state index in [4.69, 9.17) is 37.8 Å². The summed E-state index contributed by atoms with van der Waals surface area (Å²) in [6.45, 7) is 3.54. The van der Waals surface area contributed by atoms with E-state index in [1.165, 1.54) is 0 Å². The Kier molecular flexibility index (Phi) is 10.7. The van der Waals surface area contributed by atoms with Gasteiger partial charge in [0.15, 0.2) is 0 Å². The maximum Gasteiger partial charge on any atom is 0.307 e. The number of carboxylic acid groups (broad SMARTS) is 1. The zero-order valence-corrected chi connectivity index (χ0v) is 30.6.